The smallest absolute Gasteiger partial charge is 0.125 e. The fourth-order valence-electron chi connectivity index (χ4n) is 6.94. The van der Waals surface area contributed by atoms with E-state index in [-0.39, 0.29) is 0 Å². The second kappa shape index (κ2) is 16.9. The highest BCUT2D eigenvalue weighted by atomic mass is 28.3. The van der Waals surface area contributed by atoms with Crippen molar-refractivity contribution in [3.8, 4) is 70.3 Å². The summed E-state index contributed by atoms with van der Waals surface area (Å²) in [5, 5.41) is 0. The van der Waals surface area contributed by atoms with Gasteiger partial charge < -0.3 is 0 Å². The van der Waals surface area contributed by atoms with E-state index < -0.39 is 16.1 Å². The third-order valence-electron chi connectivity index (χ3n) is 9.12. The SMILES string of the molecule is CC(C)[Si](C#Cc1ccccc1C#CC#CC#CC#Cc1ccccc1C#C[Si](C(C)C)(C(C)C)C(C)C)(C(C)C)C(C)C. The predicted octanol–water partition coefficient (Wildman–Crippen LogP) is 10.2. The third kappa shape index (κ3) is 8.89. The molecule has 2 rings (SSSR count). The van der Waals surface area contributed by atoms with Gasteiger partial charge in [0.25, 0.3) is 0 Å². The van der Waals surface area contributed by atoms with E-state index in [9.17, 15) is 0 Å². The Morgan fingerprint density at radius 1 is 0.341 bits per heavy atom. The Kier molecular flexibility index (Phi) is 14.0. The van der Waals surface area contributed by atoms with Crippen LogP contribution in [0.3, 0.4) is 0 Å². The molecule has 226 valence electrons. The van der Waals surface area contributed by atoms with Gasteiger partial charge in [0.2, 0.25) is 0 Å². The van der Waals surface area contributed by atoms with Gasteiger partial charge in [0.1, 0.15) is 16.1 Å². The summed E-state index contributed by atoms with van der Waals surface area (Å²) >= 11 is 0. The van der Waals surface area contributed by atoms with Crippen LogP contribution in [-0.2, 0) is 0 Å². The summed E-state index contributed by atoms with van der Waals surface area (Å²) in [4.78, 5) is 0. The zero-order valence-electron chi connectivity index (χ0n) is 29.1. The average Bonchev–Trinajstić information content (AvgIpc) is 2.95. The van der Waals surface area contributed by atoms with Crippen molar-refractivity contribution in [2.45, 2.75) is 116 Å². The van der Waals surface area contributed by atoms with Gasteiger partial charge in [0.15, 0.2) is 0 Å². The molecule has 0 unspecified atom stereocenters. The van der Waals surface area contributed by atoms with E-state index in [0.717, 1.165) is 22.3 Å². The molecule has 0 aliphatic heterocycles. The van der Waals surface area contributed by atoms with Gasteiger partial charge in [0.05, 0.1) is 0 Å². The standard InChI is InChI=1S/C42H50Si2/c1-33(2)43(34(3)4,35(5)6)31-29-41-27-21-19-25-39(41)23-17-15-13-14-16-18-24-40-26-20-22-28-42(40)30-32-44(36(7)8,37(9)10)38(11)12/h19-22,25-28,33-38H,1-12H3. The number of hydrogen-bond acceptors (Lipinski definition) is 0. The normalized spacial score (nSPS) is 10.9. The Morgan fingerprint density at radius 3 is 0.818 bits per heavy atom. The first-order valence-electron chi connectivity index (χ1n) is 16.1. The summed E-state index contributed by atoms with van der Waals surface area (Å²) in [6.07, 6.45) is 0. The molecule has 0 saturated heterocycles. The van der Waals surface area contributed by atoms with Crippen molar-refractivity contribution >= 4 is 16.1 Å². The summed E-state index contributed by atoms with van der Waals surface area (Å²) in [5.74, 6) is 30.7. The molecule has 2 aromatic rings. The van der Waals surface area contributed by atoms with Gasteiger partial charge in [-0.15, -0.1) is 11.1 Å². The Hall–Kier alpha value is -3.77. The molecule has 0 heterocycles. The van der Waals surface area contributed by atoms with Crippen LogP contribution in [-0.4, -0.2) is 16.1 Å². The molecule has 0 fully saturated rings. The third-order valence-corrected chi connectivity index (χ3v) is 21.7. The van der Waals surface area contributed by atoms with E-state index >= 15 is 0 Å². The van der Waals surface area contributed by atoms with Crippen molar-refractivity contribution in [2.75, 3.05) is 0 Å². The van der Waals surface area contributed by atoms with Gasteiger partial charge in [0, 0.05) is 22.3 Å². The maximum Gasteiger partial charge on any atom is 0.146 e. The van der Waals surface area contributed by atoms with Crippen molar-refractivity contribution < 1.29 is 0 Å². The van der Waals surface area contributed by atoms with E-state index in [4.69, 9.17) is 0 Å². The molecule has 0 bridgehead atoms. The Balaban J connectivity index is 2.30. The first-order chi connectivity index (χ1) is 20.8. The molecule has 0 amide bonds. The summed E-state index contributed by atoms with van der Waals surface area (Å²) in [6.45, 7) is 28.0. The average molecular weight is 611 g/mol. The Bertz CT molecular complexity index is 1490. The first-order valence-corrected chi connectivity index (χ1v) is 20.5. The Morgan fingerprint density at radius 2 is 0.568 bits per heavy atom. The van der Waals surface area contributed by atoms with Gasteiger partial charge >= 0.3 is 0 Å². The molecule has 0 saturated carbocycles. The maximum absolute atomic E-state index is 3.80. The zero-order valence-corrected chi connectivity index (χ0v) is 31.1. The van der Waals surface area contributed by atoms with Gasteiger partial charge in [-0.1, -0.05) is 131 Å². The zero-order chi connectivity index (χ0) is 32.9. The van der Waals surface area contributed by atoms with Crippen LogP contribution in [0, 0.1) is 70.3 Å². The monoisotopic (exact) mass is 610 g/mol. The lowest BCUT2D eigenvalue weighted by Gasteiger charge is -2.38. The first kappa shape index (κ1) is 36.4. The molecule has 0 spiro atoms. The molecule has 0 atom stereocenters. The largest absolute Gasteiger partial charge is 0.146 e. The minimum atomic E-state index is -1.82. The maximum atomic E-state index is 3.80. The van der Waals surface area contributed by atoms with Crippen LogP contribution in [0.5, 0.6) is 0 Å². The van der Waals surface area contributed by atoms with E-state index in [1.54, 1.807) is 0 Å². The van der Waals surface area contributed by atoms with Crippen LogP contribution >= 0.6 is 0 Å². The van der Waals surface area contributed by atoms with E-state index in [1.165, 1.54) is 0 Å². The molecular formula is C42H50Si2. The molecular weight excluding hydrogens is 561 g/mol. The summed E-state index contributed by atoms with van der Waals surface area (Å²) in [5.41, 5.74) is 14.9. The summed E-state index contributed by atoms with van der Waals surface area (Å²) < 4.78 is 0. The van der Waals surface area contributed by atoms with Crippen molar-refractivity contribution in [2.24, 2.45) is 0 Å². The van der Waals surface area contributed by atoms with E-state index in [1.807, 2.05) is 36.4 Å². The van der Waals surface area contributed by atoms with Crippen LogP contribution in [0.25, 0.3) is 0 Å². The Labute approximate surface area is 272 Å². The highest BCUT2D eigenvalue weighted by Gasteiger charge is 2.42. The lowest BCUT2D eigenvalue weighted by molar-refractivity contribution is 0.838. The minimum Gasteiger partial charge on any atom is -0.125 e. The van der Waals surface area contributed by atoms with Crippen LogP contribution in [0.4, 0.5) is 0 Å². The highest BCUT2D eigenvalue weighted by molar-refractivity contribution is 6.91. The number of hydrogen-bond donors (Lipinski definition) is 0. The highest BCUT2D eigenvalue weighted by Crippen LogP contribution is 2.41. The van der Waals surface area contributed by atoms with Crippen LogP contribution in [0.1, 0.15) is 105 Å². The topological polar surface area (TPSA) is 0 Å². The van der Waals surface area contributed by atoms with Crippen LogP contribution in [0.2, 0.25) is 33.2 Å². The van der Waals surface area contributed by atoms with Gasteiger partial charge in [-0.25, -0.2) is 0 Å². The molecule has 0 nitrogen and oxygen atoms in total. The van der Waals surface area contributed by atoms with Crippen molar-refractivity contribution in [1.29, 1.82) is 0 Å². The number of benzene rings is 2. The fourth-order valence-corrected chi connectivity index (χ4v) is 17.4. The minimum absolute atomic E-state index is 0.586. The van der Waals surface area contributed by atoms with Crippen LogP contribution < -0.4 is 0 Å². The van der Waals surface area contributed by atoms with Gasteiger partial charge in [-0.05, 0) is 93.0 Å². The second-order valence-electron chi connectivity index (χ2n) is 13.4. The van der Waals surface area contributed by atoms with Crippen LogP contribution in [0.15, 0.2) is 48.5 Å². The molecule has 0 aliphatic carbocycles. The second-order valence-corrected chi connectivity index (χ2v) is 24.5. The molecule has 2 aromatic carbocycles. The number of rotatable bonds is 6. The molecule has 0 aromatic heterocycles. The lowest BCUT2D eigenvalue weighted by Crippen LogP contribution is -2.43. The predicted molar refractivity (Wildman–Crippen MR) is 198 cm³/mol. The molecule has 0 N–H and O–H groups in total. The lowest BCUT2D eigenvalue weighted by atomic mass is 10.1. The quantitative estimate of drug-likeness (QED) is 0.225. The van der Waals surface area contributed by atoms with E-state index in [0.29, 0.717) is 33.2 Å². The summed E-state index contributed by atoms with van der Waals surface area (Å²) in [7, 11) is -3.64. The molecule has 0 radical (unpaired) electrons. The van der Waals surface area contributed by atoms with Crippen molar-refractivity contribution in [3.05, 3.63) is 70.8 Å². The fraction of sp³-hybridized carbons (Fsp3) is 0.429. The van der Waals surface area contributed by atoms with Gasteiger partial charge in [-0.2, -0.15) is 0 Å². The van der Waals surface area contributed by atoms with E-state index in [2.05, 4.69) is 166 Å². The molecule has 2 heteroatoms. The van der Waals surface area contributed by atoms with Gasteiger partial charge in [-0.3, -0.25) is 0 Å². The molecule has 44 heavy (non-hydrogen) atoms. The van der Waals surface area contributed by atoms with Crippen molar-refractivity contribution in [3.63, 3.8) is 0 Å². The summed E-state index contributed by atoms with van der Waals surface area (Å²) in [6, 6.07) is 16.2. The van der Waals surface area contributed by atoms with Crippen molar-refractivity contribution in [1.82, 2.24) is 0 Å². The molecule has 0 aliphatic rings.